The van der Waals surface area contributed by atoms with Gasteiger partial charge in [0.2, 0.25) is 0 Å². The van der Waals surface area contributed by atoms with Crippen LogP contribution in [0.2, 0.25) is 0 Å². The Hall–Kier alpha value is -4.34. The van der Waals surface area contributed by atoms with Crippen LogP contribution >= 0.6 is 0 Å². The minimum Gasteiger partial charge on any atom is -0.454 e. The highest BCUT2D eigenvalue weighted by atomic mass is 19.4. The molecule has 0 aliphatic rings. The van der Waals surface area contributed by atoms with Crippen molar-refractivity contribution in [2.24, 2.45) is 0 Å². The fourth-order valence-corrected chi connectivity index (χ4v) is 4.15. The fraction of sp³-hybridized carbons (Fsp3) is 0.241. The number of furan rings is 1. The van der Waals surface area contributed by atoms with Crippen LogP contribution in [0.3, 0.4) is 0 Å². The van der Waals surface area contributed by atoms with Crippen LogP contribution in [-0.4, -0.2) is 27.8 Å². The van der Waals surface area contributed by atoms with Crippen molar-refractivity contribution in [1.29, 1.82) is 0 Å². The average molecular weight is 542 g/mol. The van der Waals surface area contributed by atoms with Crippen molar-refractivity contribution in [2.75, 3.05) is 6.54 Å². The van der Waals surface area contributed by atoms with Crippen molar-refractivity contribution < 1.29 is 31.6 Å². The first-order valence-corrected chi connectivity index (χ1v) is 12.4. The number of rotatable bonds is 10. The molecule has 0 saturated heterocycles. The molecule has 0 spiro atoms. The van der Waals surface area contributed by atoms with Crippen molar-refractivity contribution >= 4 is 11.8 Å². The van der Waals surface area contributed by atoms with E-state index < -0.39 is 29.4 Å². The normalized spacial score (nSPS) is 11.4. The van der Waals surface area contributed by atoms with Gasteiger partial charge in [0.15, 0.2) is 5.76 Å². The first-order valence-electron chi connectivity index (χ1n) is 12.4. The molecule has 0 aliphatic heterocycles. The van der Waals surface area contributed by atoms with E-state index in [0.29, 0.717) is 24.3 Å². The molecule has 2 heterocycles. The molecule has 0 saturated carbocycles. The monoisotopic (exact) mass is 541 g/mol. The summed E-state index contributed by atoms with van der Waals surface area (Å²) in [6.45, 7) is 2.80. The van der Waals surface area contributed by atoms with Gasteiger partial charge < -0.3 is 19.2 Å². The molecule has 1 N–H and O–H groups in total. The maximum absolute atomic E-state index is 14.2. The van der Waals surface area contributed by atoms with E-state index in [9.17, 15) is 27.2 Å². The summed E-state index contributed by atoms with van der Waals surface area (Å²) in [4.78, 5) is 27.1. The first kappa shape index (κ1) is 27.7. The predicted octanol–water partition coefficient (Wildman–Crippen LogP) is 6.27. The van der Waals surface area contributed by atoms with Gasteiger partial charge in [-0.1, -0.05) is 31.2 Å². The Morgan fingerprint density at radius 1 is 1.00 bits per heavy atom. The molecule has 2 aromatic carbocycles. The largest absolute Gasteiger partial charge is 0.454 e. The van der Waals surface area contributed by atoms with Gasteiger partial charge in [0.25, 0.3) is 11.8 Å². The minimum atomic E-state index is -4.47. The van der Waals surface area contributed by atoms with Crippen LogP contribution in [-0.2, 0) is 25.8 Å². The lowest BCUT2D eigenvalue weighted by molar-refractivity contribution is -0.137. The third kappa shape index (κ3) is 6.95. The molecule has 4 rings (SSSR count). The summed E-state index contributed by atoms with van der Waals surface area (Å²) >= 11 is 0. The third-order valence-corrected chi connectivity index (χ3v) is 6.08. The van der Waals surface area contributed by atoms with E-state index >= 15 is 0 Å². The SMILES string of the molecule is CCCN(Cc1cccn1Cc1ccc(C(=O)NCc2cccc(C(F)(F)F)c2)o1)C(=O)c1ccccc1F. The Kier molecular flexibility index (Phi) is 8.53. The highest BCUT2D eigenvalue weighted by molar-refractivity contribution is 5.94. The Morgan fingerprint density at radius 2 is 1.79 bits per heavy atom. The van der Waals surface area contributed by atoms with Gasteiger partial charge in [-0.25, -0.2) is 4.39 Å². The van der Waals surface area contributed by atoms with E-state index in [0.717, 1.165) is 17.8 Å². The molecule has 204 valence electrons. The molecule has 0 aliphatic carbocycles. The molecule has 4 aromatic rings. The summed E-state index contributed by atoms with van der Waals surface area (Å²) in [5, 5.41) is 2.57. The first-order chi connectivity index (χ1) is 18.7. The van der Waals surface area contributed by atoms with Crippen LogP contribution in [0.25, 0.3) is 0 Å². The summed E-state index contributed by atoms with van der Waals surface area (Å²) in [6.07, 6.45) is -1.97. The minimum absolute atomic E-state index is 0.0101. The second-order valence-corrected chi connectivity index (χ2v) is 8.98. The van der Waals surface area contributed by atoms with Crippen molar-refractivity contribution in [3.63, 3.8) is 0 Å². The Labute approximate surface area is 222 Å². The zero-order chi connectivity index (χ0) is 28.0. The van der Waals surface area contributed by atoms with Gasteiger partial charge in [-0.05, 0) is 60.5 Å². The van der Waals surface area contributed by atoms with Gasteiger partial charge in [-0.15, -0.1) is 0 Å². The summed E-state index contributed by atoms with van der Waals surface area (Å²) in [6, 6.07) is 17.4. The van der Waals surface area contributed by atoms with E-state index in [1.165, 1.54) is 36.4 Å². The van der Waals surface area contributed by atoms with Crippen LogP contribution in [0.15, 0.2) is 83.4 Å². The van der Waals surface area contributed by atoms with Crippen molar-refractivity contribution in [2.45, 2.75) is 39.2 Å². The van der Waals surface area contributed by atoms with E-state index in [-0.39, 0.29) is 31.0 Å². The number of halogens is 4. The highest BCUT2D eigenvalue weighted by Gasteiger charge is 2.30. The van der Waals surface area contributed by atoms with Crippen LogP contribution in [0.5, 0.6) is 0 Å². The van der Waals surface area contributed by atoms with E-state index in [1.807, 2.05) is 29.8 Å². The van der Waals surface area contributed by atoms with Crippen molar-refractivity contribution in [3.8, 4) is 0 Å². The van der Waals surface area contributed by atoms with Gasteiger partial charge in [0.1, 0.15) is 11.6 Å². The molecular formula is C29H27F4N3O3. The number of hydrogen-bond donors (Lipinski definition) is 1. The van der Waals surface area contributed by atoms with E-state index in [4.69, 9.17) is 4.42 Å². The Morgan fingerprint density at radius 3 is 2.54 bits per heavy atom. The van der Waals surface area contributed by atoms with Crippen molar-refractivity contribution in [3.05, 3.63) is 119 Å². The van der Waals surface area contributed by atoms with Crippen LogP contribution < -0.4 is 5.32 Å². The Bertz CT molecular complexity index is 1440. The lowest BCUT2D eigenvalue weighted by atomic mass is 10.1. The lowest BCUT2D eigenvalue weighted by Gasteiger charge is -2.23. The number of aromatic nitrogens is 1. The molecule has 6 nitrogen and oxygen atoms in total. The number of carbonyl (C=O) groups is 2. The number of nitrogens with one attached hydrogen (secondary N) is 1. The van der Waals surface area contributed by atoms with Crippen molar-refractivity contribution in [1.82, 2.24) is 14.8 Å². The number of carbonyl (C=O) groups excluding carboxylic acids is 2. The zero-order valence-electron chi connectivity index (χ0n) is 21.2. The highest BCUT2D eigenvalue weighted by Crippen LogP contribution is 2.29. The smallest absolute Gasteiger partial charge is 0.416 e. The maximum atomic E-state index is 14.2. The molecule has 2 aromatic heterocycles. The van der Waals surface area contributed by atoms with Gasteiger partial charge >= 0.3 is 6.18 Å². The van der Waals surface area contributed by atoms with Gasteiger partial charge in [0, 0.05) is 25.0 Å². The summed E-state index contributed by atoms with van der Waals surface area (Å²) in [7, 11) is 0. The van der Waals surface area contributed by atoms with Crippen LogP contribution in [0.4, 0.5) is 17.6 Å². The van der Waals surface area contributed by atoms with E-state index in [2.05, 4.69) is 5.32 Å². The number of alkyl halides is 3. The van der Waals surface area contributed by atoms with Crippen LogP contribution in [0.1, 0.15) is 56.8 Å². The summed E-state index contributed by atoms with van der Waals surface area (Å²) in [5.41, 5.74) is 0.324. The number of amides is 2. The second-order valence-electron chi connectivity index (χ2n) is 8.98. The number of hydrogen-bond acceptors (Lipinski definition) is 3. The summed E-state index contributed by atoms with van der Waals surface area (Å²) in [5.74, 6) is -1.04. The zero-order valence-corrected chi connectivity index (χ0v) is 21.2. The molecule has 0 bridgehead atoms. The predicted molar refractivity (Wildman–Crippen MR) is 136 cm³/mol. The maximum Gasteiger partial charge on any atom is 0.416 e. The molecule has 2 amide bonds. The topological polar surface area (TPSA) is 67.5 Å². The summed E-state index contributed by atoms with van der Waals surface area (Å²) < 4.78 is 60.5. The van der Waals surface area contributed by atoms with Gasteiger partial charge in [-0.2, -0.15) is 13.2 Å². The van der Waals surface area contributed by atoms with E-state index in [1.54, 1.807) is 17.0 Å². The molecule has 0 radical (unpaired) electrons. The molecular weight excluding hydrogens is 514 g/mol. The molecule has 10 heteroatoms. The standard InChI is InChI=1S/C29H27F4N3O3/c1-2-14-36(28(38)24-10-3-4-11-25(24)30)18-22-9-6-15-35(22)19-23-12-13-26(39-23)27(37)34-17-20-7-5-8-21(16-20)29(31,32)33/h3-13,15-16H,2,14,17-19H2,1H3,(H,34,37). The molecule has 0 atom stereocenters. The molecule has 39 heavy (non-hydrogen) atoms. The van der Waals surface area contributed by atoms with Gasteiger partial charge in [-0.3, -0.25) is 9.59 Å². The van der Waals surface area contributed by atoms with Gasteiger partial charge in [0.05, 0.1) is 24.2 Å². The van der Waals surface area contributed by atoms with Crippen LogP contribution in [0, 0.1) is 5.82 Å². The molecule has 0 unspecified atom stereocenters. The number of benzene rings is 2. The quantitative estimate of drug-likeness (QED) is 0.241. The third-order valence-electron chi connectivity index (χ3n) is 6.08. The fourth-order valence-electron chi connectivity index (χ4n) is 4.15. The lowest BCUT2D eigenvalue weighted by Crippen LogP contribution is -2.32. The second kappa shape index (κ2) is 12.0. The Balaban J connectivity index is 1.40. The average Bonchev–Trinajstić information content (AvgIpc) is 3.56. The number of nitrogens with zero attached hydrogens (tertiary/aromatic N) is 2. The molecule has 0 fully saturated rings.